The van der Waals surface area contributed by atoms with E-state index < -0.39 is 21.7 Å². The van der Waals surface area contributed by atoms with Crippen LogP contribution < -0.4 is 5.32 Å². The third-order valence-electron chi connectivity index (χ3n) is 6.03. The second kappa shape index (κ2) is 8.12. The van der Waals surface area contributed by atoms with Gasteiger partial charge in [0, 0.05) is 23.7 Å². The van der Waals surface area contributed by atoms with E-state index in [4.69, 9.17) is 4.74 Å². The number of amides is 1. The van der Waals surface area contributed by atoms with Crippen LogP contribution in [0.1, 0.15) is 46.1 Å². The second-order valence-corrected chi connectivity index (χ2v) is 11.4. The largest absolute Gasteiger partial charge is 0.444 e. The predicted molar refractivity (Wildman–Crippen MR) is 128 cm³/mol. The molecule has 5 rings (SSSR count). The van der Waals surface area contributed by atoms with Gasteiger partial charge in [0.25, 0.3) is 10.0 Å². The molecule has 1 aromatic carbocycles. The molecule has 0 spiro atoms. The lowest BCUT2D eigenvalue weighted by Gasteiger charge is -2.22. The van der Waals surface area contributed by atoms with Crippen molar-refractivity contribution in [2.24, 2.45) is 0 Å². The van der Waals surface area contributed by atoms with Gasteiger partial charge in [0.2, 0.25) is 0 Å². The minimum atomic E-state index is -3.78. The summed E-state index contributed by atoms with van der Waals surface area (Å²) in [6.45, 7) is 5.52. The number of fused-ring (bicyclic) bond motifs is 3. The fourth-order valence-corrected chi connectivity index (χ4v) is 5.90. The van der Waals surface area contributed by atoms with E-state index >= 15 is 0 Å². The van der Waals surface area contributed by atoms with Gasteiger partial charge in [-0.05, 0) is 58.2 Å². The van der Waals surface area contributed by atoms with E-state index in [1.807, 2.05) is 20.8 Å². The Bertz CT molecular complexity index is 1470. The SMILES string of the molecule is CC(C)(C)OC(=O)NC1CCC(n2cnc3cnc4c(ccn4S(=O)(=O)c4ccccc4)c32)C1. The summed E-state index contributed by atoms with van der Waals surface area (Å²) in [5.41, 5.74) is 1.36. The van der Waals surface area contributed by atoms with E-state index in [9.17, 15) is 13.2 Å². The van der Waals surface area contributed by atoms with E-state index in [-0.39, 0.29) is 17.0 Å². The van der Waals surface area contributed by atoms with Gasteiger partial charge in [-0.25, -0.2) is 27.2 Å². The van der Waals surface area contributed by atoms with Gasteiger partial charge < -0.3 is 14.6 Å². The van der Waals surface area contributed by atoms with Crippen molar-refractivity contribution in [3.63, 3.8) is 0 Å². The van der Waals surface area contributed by atoms with Gasteiger partial charge in [0.05, 0.1) is 22.9 Å². The third-order valence-corrected chi connectivity index (χ3v) is 7.71. The maximum atomic E-state index is 13.2. The number of hydrogen-bond donors (Lipinski definition) is 1. The maximum absolute atomic E-state index is 13.2. The van der Waals surface area contributed by atoms with E-state index in [0.29, 0.717) is 11.2 Å². The zero-order valence-electron chi connectivity index (χ0n) is 19.3. The first-order valence-electron chi connectivity index (χ1n) is 11.3. The summed E-state index contributed by atoms with van der Waals surface area (Å²) < 4.78 is 35.1. The Morgan fingerprint density at radius 1 is 1.12 bits per heavy atom. The second-order valence-electron chi connectivity index (χ2n) is 9.62. The Balaban J connectivity index is 1.47. The van der Waals surface area contributed by atoms with Crippen molar-refractivity contribution in [3.05, 3.63) is 55.1 Å². The average Bonchev–Trinajstić information content (AvgIpc) is 3.50. The zero-order valence-corrected chi connectivity index (χ0v) is 20.1. The Kier molecular flexibility index (Phi) is 5.35. The van der Waals surface area contributed by atoms with Crippen molar-refractivity contribution in [2.45, 2.75) is 62.6 Å². The monoisotopic (exact) mass is 481 g/mol. The molecule has 0 radical (unpaired) electrons. The van der Waals surface area contributed by atoms with Gasteiger partial charge >= 0.3 is 6.09 Å². The number of ether oxygens (including phenoxy) is 1. The Hall–Kier alpha value is -3.40. The van der Waals surface area contributed by atoms with Crippen LogP contribution in [-0.4, -0.2) is 44.7 Å². The Labute approximate surface area is 197 Å². The summed E-state index contributed by atoms with van der Waals surface area (Å²) in [6.07, 6.45) is 6.92. The lowest BCUT2D eigenvalue weighted by molar-refractivity contribution is 0.0505. The lowest BCUT2D eigenvalue weighted by Crippen LogP contribution is -2.38. The summed E-state index contributed by atoms with van der Waals surface area (Å²) in [5, 5.41) is 3.68. The first kappa shape index (κ1) is 22.4. The van der Waals surface area contributed by atoms with Crippen LogP contribution in [0.15, 0.2) is 60.0 Å². The van der Waals surface area contributed by atoms with Gasteiger partial charge in [0.15, 0.2) is 5.65 Å². The highest BCUT2D eigenvalue weighted by molar-refractivity contribution is 7.90. The molecule has 0 bridgehead atoms. The van der Waals surface area contributed by atoms with Crippen LogP contribution in [-0.2, 0) is 14.8 Å². The molecule has 9 nitrogen and oxygen atoms in total. The van der Waals surface area contributed by atoms with Crippen LogP contribution >= 0.6 is 0 Å². The van der Waals surface area contributed by atoms with Gasteiger partial charge in [-0.2, -0.15) is 0 Å². The molecule has 1 N–H and O–H groups in total. The number of hydrogen-bond acceptors (Lipinski definition) is 6. The topological polar surface area (TPSA) is 108 Å². The number of imidazole rings is 1. The van der Waals surface area contributed by atoms with Crippen molar-refractivity contribution in [1.29, 1.82) is 0 Å². The molecule has 0 saturated heterocycles. The van der Waals surface area contributed by atoms with Crippen molar-refractivity contribution >= 4 is 38.2 Å². The highest BCUT2D eigenvalue weighted by atomic mass is 32.2. The predicted octanol–water partition coefficient (Wildman–Crippen LogP) is 4.24. The fourth-order valence-electron chi connectivity index (χ4n) is 4.58. The van der Waals surface area contributed by atoms with E-state index in [2.05, 4.69) is 19.9 Å². The van der Waals surface area contributed by atoms with Gasteiger partial charge in [-0.3, -0.25) is 0 Å². The first-order valence-corrected chi connectivity index (χ1v) is 12.7. The van der Waals surface area contributed by atoms with Crippen molar-refractivity contribution in [2.75, 3.05) is 0 Å². The van der Waals surface area contributed by atoms with Gasteiger partial charge in [-0.15, -0.1) is 0 Å². The summed E-state index contributed by atoms with van der Waals surface area (Å²) in [4.78, 5) is 21.3. The number of benzene rings is 1. The maximum Gasteiger partial charge on any atom is 0.407 e. The molecular formula is C24H27N5O4S. The van der Waals surface area contributed by atoms with Gasteiger partial charge in [0.1, 0.15) is 11.1 Å². The van der Waals surface area contributed by atoms with Crippen LogP contribution in [0, 0.1) is 0 Å². The van der Waals surface area contributed by atoms with Crippen molar-refractivity contribution in [1.82, 2.24) is 23.8 Å². The molecule has 1 amide bonds. The molecule has 3 aromatic heterocycles. The first-order chi connectivity index (χ1) is 16.1. The zero-order chi connectivity index (χ0) is 24.1. The number of nitrogens with one attached hydrogen (secondary N) is 1. The van der Waals surface area contributed by atoms with Crippen LogP contribution in [0.4, 0.5) is 4.79 Å². The van der Waals surface area contributed by atoms with Crippen LogP contribution in [0.2, 0.25) is 0 Å². The molecule has 1 aliphatic rings. The highest BCUT2D eigenvalue weighted by Gasteiger charge is 2.30. The number of rotatable bonds is 4. The number of carbonyl (C=O) groups is 1. The summed E-state index contributed by atoms with van der Waals surface area (Å²) >= 11 is 0. The lowest BCUT2D eigenvalue weighted by atomic mass is 10.2. The normalized spacial score (nSPS) is 19.0. The highest BCUT2D eigenvalue weighted by Crippen LogP contribution is 2.35. The number of nitrogens with zero attached hydrogens (tertiary/aromatic N) is 4. The molecule has 34 heavy (non-hydrogen) atoms. The molecule has 2 unspecified atom stereocenters. The van der Waals surface area contributed by atoms with Crippen LogP contribution in [0.3, 0.4) is 0 Å². The molecule has 1 aliphatic carbocycles. The van der Waals surface area contributed by atoms with Gasteiger partial charge in [-0.1, -0.05) is 18.2 Å². The molecule has 178 valence electrons. The smallest absolute Gasteiger partial charge is 0.407 e. The summed E-state index contributed by atoms with van der Waals surface area (Å²) in [7, 11) is -3.78. The fraction of sp³-hybridized carbons (Fsp3) is 0.375. The average molecular weight is 482 g/mol. The van der Waals surface area contributed by atoms with Crippen LogP contribution in [0.25, 0.3) is 22.1 Å². The Morgan fingerprint density at radius 2 is 1.88 bits per heavy atom. The van der Waals surface area contributed by atoms with E-state index in [1.54, 1.807) is 48.9 Å². The van der Waals surface area contributed by atoms with Crippen LogP contribution in [0.5, 0.6) is 0 Å². The van der Waals surface area contributed by atoms with Crippen molar-refractivity contribution < 1.29 is 17.9 Å². The molecule has 10 heteroatoms. The molecule has 0 aliphatic heterocycles. The molecule has 2 atom stereocenters. The van der Waals surface area contributed by atoms with E-state index in [0.717, 1.165) is 30.2 Å². The number of carbonyl (C=O) groups excluding carboxylic acids is 1. The quantitative estimate of drug-likeness (QED) is 0.467. The minimum absolute atomic E-state index is 0.00214. The standard InChI is InChI=1S/C24H27N5O4S/c1-24(2,3)33-23(30)27-16-9-10-17(13-16)28-15-26-20-14-25-22-19(21(20)28)11-12-29(22)34(31,32)18-7-5-4-6-8-18/h4-8,11-12,14-17H,9-10,13H2,1-3H3,(H,27,30). The number of alkyl carbamates (subject to hydrolysis) is 1. The molecule has 3 heterocycles. The minimum Gasteiger partial charge on any atom is -0.444 e. The molecule has 1 fully saturated rings. The van der Waals surface area contributed by atoms with E-state index in [1.165, 1.54) is 10.2 Å². The number of aromatic nitrogens is 4. The third kappa shape index (κ3) is 4.02. The molecular weight excluding hydrogens is 454 g/mol. The molecule has 4 aromatic rings. The Morgan fingerprint density at radius 3 is 2.62 bits per heavy atom. The number of pyridine rings is 1. The summed E-state index contributed by atoms with van der Waals surface area (Å²) in [6, 6.07) is 10.2. The molecule has 1 saturated carbocycles. The van der Waals surface area contributed by atoms with Crippen molar-refractivity contribution in [3.8, 4) is 0 Å². The summed E-state index contributed by atoms with van der Waals surface area (Å²) in [5.74, 6) is 0.